The van der Waals surface area contributed by atoms with Gasteiger partial charge in [0.2, 0.25) is 0 Å². The lowest BCUT2D eigenvalue weighted by Gasteiger charge is -2.29. The highest BCUT2D eigenvalue weighted by Gasteiger charge is 2.24. The second-order valence-corrected chi connectivity index (χ2v) is 8.10. The van der Waals surface area contributed by atoms with Crippen molar-refractivity contribution in [3.63, 3.8) is 0 Å². The summed E-state index contributed by atoms with van der Waals surface area (Å²) >= 11 is 0. The third kappa shape index (κ3) is 5.18. The van der Waals surface area contributed by atoms with Crippen molar-refractivity contribution >= 4 is 0 Å². The molecular weight excluding hydrogens is 432 g/mol. The Morgan fingerprint density at radius 1 is 0.818 bits per heavy atom. The van der Waals surface area contributed by atoms with Crippen LogP contribution in [0.3, 0.4) is 0 Å². The van der Waals surface area contributed by atoms with E-state index in [0.29, 0.717) is 24.3 Å². The van der Waals surface area contributed by atoms with E-state index in [1.165, 1.54) is 30.3 Å². The maximum atomic E-state index is 14.9. The van der Waals surface area contributed by atoms with Crippen LogP contribution in [0.4, 0.5) is 17.6 Å². The minimum absolute atomic E-state index is 0.0869. The van der Waals surface area contributed by atoms with Gasteiger partial charge in [0.05, 0.1) is 13.2 Å². The molecule has 0 amide bonds. The number of benzene rings is 3. The molecule has 6 heteroatoms. The predicted molar refractivity (Wildman–Crippen MR) is 120 cm³/mol. The van der Waals surface area contributed by atoms with Crippen molar-refractivity contribution in [3.8, 4) is 22.3 Å². The van der Waals surface area contributed by atoms with Gasteiger partial charge in [0.1, 0.15) is 24.1 Å². The average molecular weight is 456 g/mol. The van der Waals surface area contributed by atoms with Crippen LogP contribution in [0.5, 0.6) is 0 Å². The smallest absolute Gasteiger partial charge is 0.183 e. The van der Waals surface area contributed by atoms with E-state index in [9.17, 15) is 17.6 Å². The zero-order chi connectivity index (χ0) is 23.4. The van der Waals surface area contributed by atoms with Crippen molar-refractivity contribution in [1.82, 2.24) is 0 Å². The summed E-state index contributed by atoms with van der Waals surface area (Å²) in [5.41, 5.74) is 1.46. The lowest BCUT2D eigenvalue weighted by atomic mass is 9.97. The van der Waals surface area contributed by atoms with Crippen LogP contribution in [0.1, 0.15) is 30.3 Å². The molecule has 1 heterocycles. The van der Waals surface area contributed by atoms with E-state index in [4.69, 9.17) is 9.47 Å². The summed E-state index contributed by atoms with van der Waals surface area (Å²) in [7, 11) is 0. The molecule has 3 aromatic carbocycles. The second-order valence-electron chi connectivity index (χ2n) is 8.10. The van der Waals surface area contributed by atoms with Crippen LogP contribution in [0.25, 0.3) is 22.3 Å². The van der Waals surface area contributed by atoms with Crippen LogP contribution in [0.15, 0.2) is 67.3 Å². The molecule has 0 N–H and O–H groups in total. The Balaban J connectivity index is 1.51. The highest BCUT2D eigenvalue weighted by molar-refractivity contribution is 5.71. The Bertz CT molecular complexity index is 1140. The van der Waals surface area contributed by atoms with E-state index in [1.54, 1.807) is 18.2 Å². The SMILES string of the molecule is C=CCCC1COC(c2ccc(-c3ccc(-c4ccc(CF)c(F)c4)c(F)c3)c(F)c2)OC1. The molecule has 0 bridgehead atoms. The number of rotatable bonds is 7. The molecular formula is C27H24F4O2. The van der Waals surface area contributed by atoms with Crippen molar-refractivity contribution < 1.29 is 27.0 Å². The van der Waals surface area contributed by atoms with Gasteiger partial charge in [-0.25, -0.2) is 17.6 Å². The fourth-order valence-electron chi connectivity index (χ4n) is 3.91. The van der Waals surface area contributed by atoms with Crippen molar-refractivity contribution in [2.45, 2.75) is 25.8 Å². The first-order valence-corrected chi connectivity index (χ1v) is 10.8. The third-order valence-corrected chi connectivity index (χ3v) is 5.80. The minimum atomic E-state index is -0.935. The third-order valence-electron chi connectivity index (χ3n) is 5.80. The van der Waals surface area contributed by atoms with E-state index < -0.39 is 30.4 Å². The topological polar surface area (TPSA) is 18.5 Å². The number of hydrogen-bond acceptors (Lipinski definition) is 2. The minimum Gasteiger partial charge on any atom is -0.348 e. The highest BCUT2D eigenvalue weighted by atomic mass is 19.1. The Morgan fingerprint density at radius 2 is 1.42 bits per heavy atom. The van der Waals surface area contributed by atoms with Gasteiger partial charge < -0.3 is 9.47 Å². The van der Waals surface area contributed by atoms with Gasteiger partial charge in [-0.15, -0.1) is 6.58 Å². The van der Waals surface area contributed by atoms with Gasteiger partial charge >= 0.3 is 0 Å². The largest absolute Gasteiger partial charge is 0.348 e. The van der Waals surface area contributed by atoms with Gasteiger partial charge in [-0.2, -0.15) is 0 Å². The fraction of sp³-hybridized carbons (Fsp3) is 0.259. The monoisotopic (exact) mass is 456 g/mol. The summed E-state index contributed by atoms with van der Waals surface area (Å²) < 4.78 is 67.8. The van der Waals surface area contributed by atoms with Gasteiger partial charge in [-0.3, -0.25) is 0 Å². The fourth-order valence-corrected chi connectivity index (χ4v) is 3.91. The van der Waals surface area contributed by atoms with E-state index in [0.717, 1.165) is 18.9 Å². The van der Waals surface area contributed by atoms with Crippen LogP contribution in [-0.2, 0) is 16.1 Å². The summed E-state index contributed by atoms with van der Waals surface area (Å²) in [6.07, 6.45) is 3.03. The maximum Gasteiger partial charge on any atom is 0.183 e. The summed E-state index contributed by atoms with van der Waals surface area (Å²) in [5, 5.41) is 0. The number of halogens is 4. The molecule has 0 unspecified atom stereocenters. The van der Waals surface area contributed by atoms with Crippen molar-refractivity contribution in [3.05, 3.63) is 95.8 Å². The van der Waals surface area contributed by atoms with Gasteiger partial charge in [-0.1, -0.05) is 42.5 Å². The predicted octanol–water partition coefficient (Wildman–Crippen LogP) is 7.54. The molecule has 33 heavy (non-hydrogen) atoms. The van der Waals surface area contributed by atoms with Gasteiger partial charge in [-0.05, 0) is 42.2 Å². The lowest BCUT2D eigenvalue weighted by Crippen LogP contribution is -2.27. The van der Waals surface area contributed by atoms with Crippen molar-refractivity contribution in [2.75, 3.05) is 13.2 Å². The standard InChI is InChI=1S/C27H24F4O2/c1-2-3-4-17-15-32-27(33-16-17)20-8-10-23(26(31)13-20)19-7-9-22(25(30)12-19)18-5-6-21(14-28)24(29)11-18/h2,5-13,17,27H,1,3-4,14-16H2. The van der Waals surface area contributed by atoms with E-state index >= 15 is 0 Å². The quantitative estimate of drug-likeness (QED) is 0.270. The Labute approximate surface area is 190 Å². The summed E-state index contributed by atoms with van der Waals surface area (Å²) in [6, 6.07) is 12.6. The summed E-state index contributed by atoms with van der Waals surface area (Å²) in [5.74, 6) is -1.61. The maximum absolute atomic E-state index is 14.9. The number of ether oxygens (including phenoxy) is 2. The molecule has 2 nitrogen and oxygen atoms in total. The molecule has 1 aliphatic heterocycles. The van der Waals surface area contributed by atoms with E-state index in [-0.39, 0.29) is 28.2 Å². The first-order valence-electron chi connectivity index (χ1n) is 10.8. The molecule has 1 fully saturated rings. The molecule has 0 saturated carbocycles. The molecule has 1 saturated heterocycles. The summed E-state index contributed by atoms with van der Waals surface area (Å²) in [4.78, 5) is 0. The zero-order valence-corrected chi connectivity index (χ0v) is 18.0. The highest BCUT2D eigenvalue weighted by Crippen LogP contribution is 2.33. The molecule has 4 rings (SSSR count). The average Bonchev–Trinajstić information content (AvgIpc) is 2.83. The van der Waals surface area contributed by atoms with Gasteiger partial charge in [0, 0.05) is 28.2 Å². The van der Waals surface area contributed by atoms with Gasteiger partial charge in [0.25, 0.3) is 0 Å². The lowest BCUT2D eigenvalue weighted by molar-refractivity contribution is -0.205. The first kappa shape index (κ1) is 23.2. The Morgan fingerprint density at radius 3 is 2.00 bits per heavy atom. The molecule has 1 aliphatic rings. The molecule has 0 atom stereocenters. The number of hydrogen-bond donors (Lipinski definition) is 0. The van der Waals surface area contributed by atoms with Gasteiger partial charge in [0.15, 0.2) is 6.29 Å². The molecule has 0 radical (unpaired) electrons. The van der Waals surface area contributed by atoms with Crippen LogP contribution < -0.4 is 0 Å². The number of allylic oxidation sites excluding steroid dienone is 1. The zero-order valence-electron chi connectivity index (χ0n) is 18.0. The van der Waals surface area contributed by atoms with E-state index in [2.05, 4.69) is 6.58 Å². The molecule has 0 spiro atoms. The van der Waals surface area contributed by atoms with Crippen LogP contribution >= 0.6 is 0 Å². The summed E-state index contributed by atoms with van der Waals surface area (Å²) in [6.45, 7) is 3.84. The van der Waals surface area contributed by atoms with Crippen molar-refractivity contribution in [2.24, 2.45) is 5.92 Å². The normalized spacial score (nSPS) is 18.3. The van der Waals surface area contributed by atoms with Crippen LogP contribution in [0.2, 0.25) is 0 Å². The Kier molecular flexibility index (Phi) is 7.26. The van der Waals surface area contributed by atoms with E-state index in [1.807, 2.05) is 6.08 Å². The number of alkyl halides is 1. The van der Waals surface area contributed by atoms with Crippen molar-refractivity contribution in [1.29, 1.82) is 0 Å². The second kappa shape index (κ2) is 10.3. The molecule has 0 aromatic heterocycles. The first-order chi connectivity index (χ1) is 16.0. The van der Waals surface area contributed by atoms with Crippen LogP contribution in [0, 0.1) is 23.4 Å². The molecule has 0 aliphatic carbocycles. The van der Waals surface area contributed by atoms with Crippen LogP contribution in [-0.4, -0.2) is 13.2 Å². The Hall–Kier alpha value is -2.96. The molecule has 172 valence electrons. The molecule has 3 aromatic rings.